The predicted octanol–water partition coefficient (Wildman–Crippen LogP) is 4.47. The van der Waals surface area contributed by atoms with Crippen LogP contribution < -0.4 is 4.73 Å². The largest absolute Gasteiger partial charge is 0.618 e. The maximum Gasteiger partial charge on any atom is 0.260 e. The van der Waals surface area contributed by atoms with Gasteiger partial charge in [0, 0.05) is 76.1 Å². The van der Waals surface area contributed by atoms with Crippen molar-refractivity contribution in [3.63, 3.8) is 0 Å². The number of likely N-dealkylation sites (tertiary alicyclic amines) is 2. The van der Waals surface area contributed by atoms with Gasteiger partial charge in [-0.05, 0) is 50.7 Å². The first kappa shape index (κ1) is 28.5. The molecule has 0 atom stereocenters. The molecule has 1 aromatic heterocycles. The summed E-state index contributed by atoms with van der Waals surface area (Å²) in [6.45, 7) is 9.13. The monoisotopic (exact) mass is 554 g/mol. The number of aromatic nitrogens is 1. The van der Waals surface area contributed by atoms with Crippen molar-refractivity contribution < 1.29 is 23.1 Å². The van der Waals surface area contributed by atoms with Crippen LogP contribution in [-0.4, -0.2) is 70.2 Å². The summed E-state index contributed by atoms with van der Waals surface area (Å²) in [5.41, 5.74) is 2.69. The molecular formula is C31H40F2N4O3. The van der Waals surface area contributed by atoms with Gasteiger partial charge < -0.3 is 15.0 Å². The lowest BCUT2D eigenvalue weighted by Gasteiger charge is -2.50. The molecule has 0 bridgehead atoms. The van der Waals surface area contributed by atoms with Crippen molar-refractivity contribution in [2.24, 2.45) is 5.92 Å². The Morgan fingerprint density at radius 1 is 1.02 bits per heavy atom. The fraction of sp³-hybridized carbons (Fsp3) is 0.581. The number of rotatable bonds is 6. The highest BCUT2D eigenvalue weighted by Gasteiger charge is 2.50. The number of nitrogens with zero attached hydrogens (tertiary/aromatic N) is 4. The number of carbonyl (C=O) groups is 2. The Balaban J connectivity index is 1.21. The Bertz CT molecular complexity index is 1230. The van der Waals surface area contributed by atoms with Gasteiger partial charge in [-0.15, -0.1) is 0 Å². The molecule has 1 aliphatic carbocycles. The zero-order chi connectivity index (χ0) is 28.7. The first-order valence-corrected chi connectivity index (χ1v) is 14.4. The molecule has 216 valence electrons. The number of pyridine rings is 1. The first-order valence-electron chi connectivity index (χ1n) is 14.4. The van der Waals surface area contributed by atoms with Gasteiger partial charge in [-0.2, -0.15) is 4.73 Å². The molecule has 0 radical (unpaired) electrons. The number of halogens is 2. The van der Waals surface area contributed by atoms with Crippen molar-refractivity contribution in [2.45, 2.75) is 83.3 Å². The molecule has 2 amide bonds. The highest BCUT2D eigenvalue weighted by atomic mass is 19.3. The van der Waals surface area contributed by atoms with Crippen LogP contribution >= 0.6 is 0 Å². The van der Waals surface area contributed by atoms with Gasteiger partial charge in [-0.25, -0.2) is 8.78 Å². The SMILES string of the molecule is Cc1cc[n+]([O-])c(C)c1C(=O)N1CCC(C)(N2CCC(N(Cc3ccccc3)C(=O)C3CC(F)(F)C3)CC2)CC1. The van der Waals surface area contributed by atoms with E-state index in [9.17, 15) is 23.6 Å². The number of aryl methyl sites for hydroxylation is 1. The van der Waals surface area contributed by atoms with E-state index in [0.717, 1.165) is 54.6 Å². The number of carbonyl (C=O) groups excluding carboxylic acids is 2. The number of benzene rings is 1. The molecule has 0 N–H and O–H groups in total. The minimum absolute atomic E-state index is 0.0197. The summed E-state index contributed by atoms with van der Waals surface area (Å²) in [6.07, 6.45) is 4.00. The topological polar surface area (TPSA) is 70.8 Å². The molecule has 2 saturated heterocycles. The maximum atomic E-state index is 13.6. The van der Waals surface area contributed by atoms with Crippen molar-refractivity contribution in [1.82, 2.24) is 14.7 Å². The van der Waals surface area contributed by atoms with Crippen LogP contribution in [0, 0.1) is 25.0 Å². The molecule has 40 heavy (non-hydrogen) atoms. The van der Waals surface area contributed by atoms with E-state index in [0.29, 0.717) is 30.9 Å². The lowest BCUT2D eigenvalue weighted by atomic mass is 9.79. The summed E-state index contributed by atoms with van der Waals surface area (Å²) in [7, 11) is 0. The number of amides is 2. The van der Waals surface area contributed by atoms with Crippen LogP contribution in [0.3, 0.4) is 0 Å². The van der Waals surface area contributed by atoms with Crippen LogP contribution in [0.2, 0.25) is 0 Å². The standard InChI is InChI=1S/C31H40F2N4O3/c1-22-9-16-37(40)23(2)27(22)29(39)34-17-12-30(3,13-18-34)35-14-10-26(11-15-35)36(21-24-7-5-4-6-8-24)28(38)25-19-31(32,33)20-25/h4-9,16,25-26H,10-15,17-21H2,1-3H3. The van der Waals surface area contributed by atoms with E-state index in [2.05, 4.69) is 11.8 Å². The van der Waals surface area contributed by atoms with E-state index in [4.69, 9.17) is 0 Å². The predicted molar refractivity (Wildman–Crippen MR) is 148 cm³/mol. The van der Waals surface area contributed by atoms with Gasteiger partial charge >= 0.3 is 0 Å². The minimum Gasteiger partial charge on any atom is -0.618 e. The molecule has 5 rings (SSSR count). The van der Waals surface area contributed by atoms with Crippen LogP contribution in [0.15, 0.2) is 42.6 Å². The second kappa shape index (κ2) is 11.1. The van der Waals surface area contributed by atoms with Gasteiger partial charge in [0.25, 0.3) is 5.91 Å². The van der Waals surface area contributed by atoms with Crippen molar-refractivity contribution in [3.05, 3.63) is 70.2 Å². The van der Waals surface area contributed by atoms with E-state index < -0.39 is 11.8 Å². The fourth-order valence-corrected chi connectivity index (χ4v) is 6.71. The molecule has 7 nitrogen and oxygen atoms in total. The molecular weight excluding hydrogens is 514 g/mol. The Labute approximate surface area is 235 Å². The average molecular weight is 555 g/mol. The second-order valence-electron chi connectivity index (χ2n) is 12.2. The normalized spacial score (nSPS) is 21.6. The Hall–Kier alpha value is -3.07. The zero-order valence-corrected chi connectivity index (χ0v) is 23.7. The van der Waals surface area contributed by atoms with Crippen molar-refractivity contribution >= 4 is 11.8 Å². The Kier molecular flexibility index (Phi) is 7.88. The highest BCUT2D eigenvalue weighted by Crippen LogP contribution is 2.44. The number of piperidine rings is 2. The van der Waals surface area contributed by atoms with Gasteiger partial charge in [0.2, 0.25) is 17.5 Å². The van der Waals surface area contributed by atoms with Crippen LogP contribution in [0.4, 0.5) is 8.78 Å². The van der Waals surface area contributed by atoms with E-state index >= 15 is 0 Å². The lowest BCUT2D eigenvalue weighted by molar-refractivity contribution is -0.612. The van der Waals surface area contributed by atoms with E-state index in [1.165, 1.54) is 6.20 Å². The van der Waals surface area contributed by atoms with Crippen molar-refractivity contribution in [1.29, 1.82) is 0 Å². The van der Waals surface area contributed by atoms with Crippen molar-refractivity contribution in [2.75, 3.05) is 26.2 Å². The zero-order valence-electron chi connectivity index (χ0n) is 23.7. The van der Waals surface area contributed by atoms with E-state index in [1.807, 2.05) is 47.1 Å². The number of hydrogen-bond donors (Lipinski definition) is 0. The third-order valence-corrected chi connectivity index (χ3v) is 9.48. The van der Waals surface area contributed by atoms with Crippen LogP contribution in [-0.2, 0) is 11.3 Å². The van der Waals surface area contributed by atoms with E-state index in [-0.39, 0.29) is 36.2 Å². The molecule has 1 aromatic carbocycles. The van der Waals surface area contributed by atoms with Gasteiger partial charge in [0.15, 0.2) is 6.20 Å². The number of hydrogen-bond acceptors (Lipinski definition) is 4. The second-order valence-corrected chi connectivity index (χ2v) is 12.2. The summed E-state index contributed by atoms with van der Waals surface area (Å²) in [5, 5.41) is 12.1. The van der Waals surface area contributed by atoms with Crippen LogP contribution in [0.25, 0.3) is 0 Å². The van der Waals surface area contributed by atoms with Crippen LogP contribution in [0.5, 0.6) is 0 Å². The molecule has 9 heteroatoms. The lowest BCUT2D eigenvalue weighted by Crippen LogP contribution is -2.59. The first-order chi connectivity index (χ1) is 19.0. The third kappa shape index (κ3) is 5.71. The van der Waals surface area contributed by atoms with Gasteiger partial charge in [-0.1, -0.05) is 30.3 Å². The molecule has 1 saturated carbocycles. The highest BCUT2D eigenvalue weighted by molar-refractivity contribution is 5.96. The molecule has 3 fully saturated rings. The van der Waals surface area contributed by atoms with E-state index in [1.54, 1.807) is 13.0 Å². The maximum absolute atomic E-state index is 13.6. The Morgan fingerprint density at radius 2 is 1.65 bits per heavy atom. The molecule has 0 spiro atoms. The average Bonchev–Trinajstić information content (AvgIpc) is 2.93. The molecule has 0 unspecified atom stereocenters. The molecule has 2 aromatic rings. The minimum atomic E-state index is -2.72. The smallest absolute Gasteiger partial charge is 0.260 e. The molecule has 2 aliphatic heterocycles. The van der Waals surface area contributed by atoms with Crippen LogP contribution in [0.1, 0.15) is 72.6 Å². The van der Waals surface area contributed by atoms with Gasteiger partial charge in [-0.3, -0.25) is 14.5 Å². The van der Waals surface area contributed by atoms with Gasteiger partial charge in [0.1, 0.15) is 5.56 Å². The summed E-state index contributed by atoms with van der Waals surface area (Å²) < 4.78 is 27.9. The molecule has 3 heterocycles. The third-order valence-electron chi connectivity index (χ3n) is 9.48. The number of alkyl halides is 2. The fourth-order valence-electron chi connectivity index (χ4n) is 6.71. The van der Waals surface area contributed by atoms with Crippen molar-refractivity contribution in [3.8, 4) is 0 Å². The van der Waals surface area contributed by atoms with Gasteiger partial charge in [0.05, 0.1) is 0 Å². The molecule has 3 aliphatic rings. The summed E-state index contributed by atoms with van der Waals surface area (Å²) in [5.74, 6) is -3.54. The Morgan fingerprint density at radius 3 is 2.25 bits per heavy atom. The summed E-state index contributed by atoms with van der Waals surface area (Å²) >= 11 is 0. The summed E-state index contributed by atoms with van der Waals surface area (Å²) in [6, 6.07) is 11.5. The summed E-state index contributed by atoms with van der Waals surface area (Å²) in [4.78, 5) is 32.9. The quantitative estimate of drug-likeness (QED) is 0.390.